The van der Waals surface area contributed by atoms with E-state index in [1.165, 1.54) is 37.8 Å². The fourth-order valence-electron chi connectivity index (χ4n) is 5.19. The summed E-state index contributed by atoms with van der Waals surface area (Å²) in [5, 5.41) is 3.82. The molecule has 0 atom stereocenters. The third kappa shape index (κ3) is 9.48. The van der Waals surface area contributed by atoms with Crippen molar-refractivity contribution in [3.8, 4) is 11.4 Å². The number of benzene rings is 3. The highest BCUT2D eigenvalue weighted by atomic mass is 19.1. The standard InChI is InChI=1S/C27H27FN6O.C9H20/c28-21-8-6-19(7-9-21)12-15-34-25(20-4-2-1-3-5-20)32-24-18-22(10-11-23(24)26(34)35)31-27(29)33-16-13-30-14-17-33;1-5-6-7-8-9(2,3)4/h1-11,18,30H,12-17H2,(H2,29,31);5-8H2,1-4H3. The summed E-state index contributed by atoms with van der Waals surface area (Å²) in [5.41, 5.74) is 9.69. The average Bonchev–Trinajstić information content (AvgIpc) is 3.02. The Hall–Kier alpha value is -4.04. The topological polar surface area (TPSA) is 88.5 Å². The maximum Gasteiger partial charge on any atom is 0.261 e. The van der Waals surface area contributed by atoms with Gasteiger partial charge in [-0.1, -0.05) is 89.4 Å². The van der Waals surface area contributed by atoms with Gasteiger partial charge in [-0.25, -0.2) is 14.4 Å². The van der Waals surface area contributed by atoms with Crippen LogP contribution in [0.15, 0.2) is 82.6 Å². The van der Waals surface area contributed by atoms with Crippen LogP contribution in [-0.4, -0.2) is 46.6 Å². The number of halogens is 1. The summed E-state index contributed by atoms with van der Waals surface area (Å²) in [5.74, 6) is 0.766. The summed E-state index contributed by atoms with van der Waals surface area (Å²) >= 11 is 0. The predicted molar refractivity (Wildman–Crippen MR) is 181 cm³/mol. The first kappa shape index (κ1) is 32.9. The lowest BCUT2D eigenvalue weighted by molar-refractivity contribution is 0.354. The summed E-state index contributed by atoms with van der Waals surface area (Å²) in [6.45, 7) is 12.9. The van der Waals surface area contributed by atoms with Crippen LogP contribution in [0.5, 0.6) is 0 Å². The minimum atomic E-state index is -0.278. The molecule has 1 aliphatic rings. The highest BCUT2D eigenvalue weighted by molar-refractivity contribution is 5.86. The van der Waals surface area contributed by atoms with E-state index in [9.17, 15) is 9.18 Å². The fraction of sp³-hybridized carbons (Fsp3) is 0.417. The first-order valence-corrected chi connectivity index (χ1v) is 15.8. The monoisotopic (exact) mass is 598 g/mol. The Balaban J connectivity index is 0.000000429. The molecule has 3 aromatic carbocycles. The van der Waals surface area contributed by atoms with Crippen molar-refractivity contribution in [2.24, 2.45) is 16.1 Å². The molecule has 4 aromatic rings. The zero-order valence-corrected chi connectivity index (χ0v) is 26.7. The molecule has 0 radical (unpaired) electrons. The summed E-state index contributed by atoms with van der Waals surface area (Å²) in [4.78, 5) is 25.1. The number of piperazine rings is 1. The molecule has 5 rings (SSSR count). The van der Waals surface area contributed by atoms with Crippen LogP contribution in [-0.2, 0) is 13.0 Å². The van der Waals surface area contributed by atoms with E-state index in [-0.39, 0.29) is 11.4 Å². The van der Waals surface area contributed by atoms with Crippen LogP contribution in [0.4, 0.5) is 10.1 Å². The third-order valence-corrected chi connectivity index (χ3v) is 7.72. The molecule has 0 saturated carbocycles. The molecule has 0 spiro atoms. The first-order valence-electron chi connectivity index (χ1n) is 15.8. The molecule has 7 nitrogen and oxygen atoms in total. The maximum atomic E-state index is 13.6. The van der Waals surface area contributed by atoms with Gasteiger partial charge in [0, 0.05) is 38.3 Å². The number of nitrogens with one attached hydrogen (secondary N) is 1. The van der Waals surface area contributed by atoms with Gasteiger partial charge in [0.15, 0.2) is 5.96 Å². The van der Waals surface area contributed by atoms with E-state index in [1.54, 1.807) is 28.8 Å². The van der Waals surface area contributed by atoms with Crippen molar-refractivity contribution in [3.05, 3.63) is 94.5 Å². The van der Waals surface area contributed by atoms with E-state index in [2.05, 4.69) is 38.0 Å². The van der Waals surface area contributed by atoms with E-state index in [1.807, 2.05) is 41.3 Å². The van der Waals surface area contributed by atoms with Crippen LogP contribution in [0.2, 0.25) is 0 Å². The SMILES string of the molecule is CCCCCC(C)(C)C.NC(=Nc1ccc2c(=O)n(CCc3ccc(F)cc3)c(-c3ccccc3)nc2c1)N1CCNCC1. The molecule has 0 amide bonds. The van der Waals surface area contributed by atoms with Gasteiger partial charge < -0.3 is 16.0 Å². The molecule has 0 bridgehead atoms. The minimum absolute atomic E-state index is 0.124. The van der Waals surface area contributed by atoms with E-state index in [0.717, 1.165) is 37.3 Å². The zero-order chi connectivity index (χ0) is 31.5. The van der Waals surface area contributed by atoms with Gasteiger partial charge in [-0.3, -0.25) is 9.36 Å². The highest BCUT2D eigenvalue weighted by Gasteiger charge is 2.15. The number of hydrogen-bond donors (Lipinski definition) is 2. The Morgan fingerprint density at radius 2 is 1.70 bits per heavy atom. The number of rotatable bonds is 8. The van der Waals surface area contributed by atoms with Crippen molar-refractivity contribution in [3.63, 3.8) is 0 Å². The van der Waals surface area contributed by atoms with Gasteiger partial charge in [0.25, 0.3) is 5.56 Å². The number of nitrogens with zero attached hydrogens (tertiary/aromatic N) is 4. The normalized spacial score (nSPS) is 13.9. The Morgan fingerprint density at radius 3 is 2.36 bits per heavy atom. The lowest BCUT2D eigenvalue weighted by Gasteiger charge is -2.28. The third-order valence-electron chi connectivity index (χ3n) is 7.72. The number of nitrogens with two attached hydrogens (primary N) is 1. The predicted octanol–water partition coefficient (Wildman–Crippen LogP) is 6.91. The van der Waals surface area contributed by atoms with Crippen LogP contribution < -0.4 is 16.6 Å². The fourth-order valence-corrected chi connectivity index (χ4v) is 5.19. The number of aromatic nitrogens is 2. The van der Waals surface area contributed by atoms with Crippen molar-refractivity contribution in [1.29, 1.82) is 0 Å². The van der Waals surface area contributed by atoms with E-state index < -0.39 is 0 Å². The van der Waals surface area contributed by atoms with Gasteiger partial charge in [-0.15, -0.1) is 0 Å². The minimum Gasteiger partial charge on any atom is -0.369 e. The lowest BCUT2D eigenvalue weighted by Crippen LogP contribution is -2.49. The second-order valence-corrected chi connectivity index (χ2v) is 12.6. The van der Waals surface area contributed by atoms with E-state index in [0.29, 0.717) is 46.8 Å². The number of unbranched alkanes of at least 4 members (excludes halogenated alkanes) is 2. The Labute approximate surface area is 261 Å². The summed E-state index contributed by atoms with van der Waals surface area (Å²) < 4.78 is 15.0. The molecule has 3 N–H and O–H groups in total. The number of hydrogen-bond acceptors (Lipinski definition) is 4. The van der Waals surface area contributed by atoms with Crippen molar-refractivity contribution >= 4 is 22.5 Å². The molecule has 0 unspecified atom stereocenters. The quantitative estimate of drug-likeness (QED) is 0.131. The van der Waals surface area contributed by atoms with Crippen LogP contribution >= 0.6 is 0 Å². The molecule has 2 heterocycles. The van der Waals surface area contributed by atoms with Crippen molar-refractivity contribution in [1.82, 2.24) is 19.8 Å². The molecule has 0 aliphatic carbocycles. The molecule has 1 aromatic heterocycles. The second-order valence-electron chi connectivity index (χ2n) is 12.6. The molecule has 44 heavy (non-hydrogen) atoms. The molecular weight excluding hydrogens is 551 g/mol. The largest absolute Gasteiger partial charge is 0.369 e. The van der Waals surface area contributed by atoms with Crippen molar-refractivity contribution < 1.29 is 4.39 Å². The van der Waals surface area contributed by atoms with Crippen LogP contribution in [0, 0.1) is 11.2 Å². The molecule has 1 saturated heterocycles. The number of aryl methyl sites for hydroxylation is 1. The van der Waals surface area contributed by atoms with Gasteiger partial charge in [0.05, 0.1) is 16.6 Å². The Bertz CT molecular complexity index is 1570. The van der Waals surface area contributed by atoms with Crippen molar-refractivity contribution in [2.75, 3.05) is 26.2 Å². The van der Waals surface area contributed by atoms with Crippen LogP contribution in [0.25, 0.3) is 22.3 Å². The van der Waals surface area contributed by atoms with Gasteiger partial charge >= 0.3 is 0 Å². The van der Waals surface area contributed by atoms with Gasteiger partial charge in [0.1, 0.15) is 11.6 Å². The summed E-state index contributed by atoms with van der Waals surface area (Å²) in [6, 6.07) is 21.4. The molecule has 1 aliphatic heterocycles. The second kappa shape index (κ2) is 15.6. The van der Waals surface area contributed by atoms with Gasteiger partial charge in [-0.05, 0) is 54.2 Å². The Morgan fingerprint density at radius 1 is 1.00 bits per heavy atom. The molecular formula is C36H47FN6O. The maximum absolute atomic E-state index is 13.6. The van der Waals surface area contributed by atoms with Crippen molar-refractivity contribution in [2.45, 2.75) is 66.3 Å². The smallest absolute Gasteiger partial charge is 0.261 e. The van der Waals surface area contributed by atoms with E-state index in [4.69, 9.17) is 10.7 Å². The first-order chi connectivity index (χ1) is 21.1. The molecule has 234 valence electrons. The van der Waals surface area contributed by atoms with Gasteiger partial charge in [0.2, 0.25) is 0 Å². The van der Waals surface area contributed by atoms with E-state index >= 15 is 0 Å². The highest BCUT2D eigenvalue weighted by Crippen LogP contribution is 2.23. The summed E-state index contributed by atoms with van der Waals surface area (Å²) in [6.07, 6.45) is 6.10. The number of guanidine groups is 1. The summed E-state index contributed by atoms with van der Waals surface area (Å²) in [7, 11) is 0. The van der Waals surface area contributed by atoms with Crippen LogP contribution in [0.3, 0.4) is 0 Å². The Kier molecular flexibility index (Phi) is 11.7. The molecule has 1 fully saturated rings. The number of fused-ring (bicyclic) bond motifs is 1. The van der Waals surface area contributed by atoms with Crippen LogP contribution in [0.1, 0.15) is 58.9 Å². The lowest BCUT2D eigenvalue weighted by atomic mass is 9.90. The average molecular weight is 599 g/mol. The molecule has 8 heteroatoms. The zero-order valence-electron chi connectivity index (χ0n) is 26.7. The van der Waals surface area contributed by atoms with Gasteiger partial charge in [-0.2, -0.15) is 0 Å². The number of aliphatic imine (C=N–C) groups is 1.